The fourth-order valence-electron chi connectivity index (χ4n) is 0.953. The Morgan fingerprint density at radius 1 is 1.59 bits per heavy atom. The van der Waals surface area contributed by atoms with Crippen molar-refractivity contribution in [3.8, 4) is 0 Å². The molecule has 0 aliphatic carbocycles. The Morgan fingerprint density at radius 2 is 2.18 bits per heavy atom. The monoisotopic (exact) mass is 261 g/mol. The van der Waals surface area contributed by atoms with Crippen LogP contribution in [0.1, 0.15) is 13.8 Å². The summed E-state index contributed by atoms with van der Waals surface area (Å²) in [4.78, 5) is 14.5. The highest BCUT2D eigenvalue weighted by Crippen LogP contribution is 2.15. The SMILES string of the molecule is Cn1cnc(S(=O)(=O)NCC(C)(C)C(=O)O)c1. The highest BCUT2D eigenvalue weighted by atomic mass is 32.2. The number of aliphatic carboxylic acids is 1. The highest BCUT2D eigenvalue weighted by Gasteiger charge is 2.29. The van der Waals surface area contributed by atoms with Crippen LogP contribution in [-0.4, -0.2) is 35.6 Å². The van der Waals surface area contributed by atoms with Gasteiger partial charge in [-0.15, -0.1) is 0 Å². The molecule has 8 heteroatoms. The lowest BCUT2D eigenvalue weighted by molar-refractivity contribution is -0.146. The third-order valence-corrected chi connectivity index (χ3v) is 3.53. The van der Waals surface area contributed by atoms with Gasteiger partial charge >= 0.3 is 5.97 Å². The summed E-state index contributed by atoms with van der Waals surface area (Å²) in [7, 11) is -2.11. The number of aromatic nitrogens is 2. The molecule has 1 heterocycles. The molecule has 17 heavy (non-hydrogen) atoms. The first-order chi connectivity index (χ1) is 7.65. The van der Waals surface area contributed by atoms with E-state index in [1.165, 1.54) is 30.9 Å². The van der Waals surface area contributed by atoms with Gasteiger partial charge in [0.15, 0.2) is 5.03 Å². The molecule has 0 fully saturated rings. The number of carboxylic acid groups (broad SMARTS) is 1. The lowest BCUT2D eigenvalue weighted by Crippen LogP contribution is -2.38. The van der Waals surface area contributed by atoms with E-state index in [0.29, 0.717) is 0 Å². The molecule has 0 aliphatic heterocycles. The van der Waals surface area contributed by atoms with Crippen LogP contribution in [0.3, 0.4) is 0 Å². The molecule has 0 unspecified atom stereocenters. The molecule has 0 saturated heterocycles. The normalized spacial score (nSPS) is 12.6. The van der Waals surface area contributed by atoms with Gasteiger partial charge in [0.05, 0.1) is 11.7 Å². The highest BCUT2D eigenvalue weighted by molar-refractivity contribution is 7.89. The maximum atomic E-state index is 11.7. The Labute approximate surface area is 99.5 Å². The number of hydrogen-bond donors (Lipinski definition) is 2. The lowest BCUT2D eigenvalue weighted by atomic mass is 9.95. The maximum Gasteiger partial charge on any atom is 0.310 e. The van der Waals surface area contributed by atoms with Crippen molar-refractivity contribution in [3.05, 3.63) is 12.5 Å². The molecule has 1 rings (SSSR count). The van der Waals surface area contributed by atoms with Crippen LogP contribution in [0.2, 0.25) is 0 Å². The van der Waals surface area contributed by atoms with E-state index >= 15 is 0 Å². The van der Waals surface area contributed by atoms with Gasteiger partial charge in [-0.2, -0.15) is 0 Å². The van der Waals surface area contributed by atoms with Crippen molar-refractivity contribution >= 4 is 16.0 Å². The Morgan fingerprint density at radius 3 is 2.59 bits per heavy atom. The van der Waals surface area contributed by atoms with Crippen LogP contribution in [0.15, 0.2) is 17.6 Å². The van der Waals surface area contributed by atoms with Crippen LogP contribution in [0.5, 0.6) is 0 Å². The molecule has 0 aliphatic rings. The maximum absolute atomic E-state index is 11.7. The molecule has 1 aromatic rings. The smallest absolute Gasteiger partial charge is 0.310 e. The van der Waals surface area contributed by atoms with Gasteiger partial charge in [0.2, 0.25) is 0 Å². The molecule has 0 saturated carbocycles. The summed E-state index contributed by atoms with van der Waals surface area (Å²) < 4.78 is 27.2. The number of nitrogens with zero attached hydrogens (tertiary/aromatic N) is 2. The van der Waals surface area contributed by atoms with Gasteiger partial charge in [0.1, 0.15) is 0 Å². The number of hydrogen-bond acceptors (Lipinski definition) is 4. The molecule has 7 nitrogen and oxygen atoms in total. The summed E-state index contributed by atoms with van der Waals surface area (Å²) in [6.45, 7) is 2.69. The van der Waals surface area contributed by atoms with Crippen molar-refractivity contribution in [2.24, 2.45) is 12.5 Å². The third kappa shape index (κ3) is 3.27. The quantitative estimate of drug-likeness (QED) is 0.765. The number of rotatable bonds is 5. The lowest BCUT2D eigenvalue weighted by Gasteiger charge is -2.18. The van der Waals surface area contributed by atoms with E-state index in [-0.39, 0.29) is 11.6 Å². The average molecular weight is 261 g/mol. The van der Waals surface area contributed by atoms with E-state index in [1.807, 2.05) is 0 Å². The summed E-state index contributed by atoms with van der Waals surface area (Å²) in [6.07, 6.45) is 2.70. The average Bonchev–Trinajstić information content (AvgIpc) is 2.63. The minimum Gasteiger partial charge on any atom is -0.481 e. The van der Waals surface area contributed by atoms with Gasteiger partial charge in [-0.25, -0.2) is 18.1 Å². The van der Waals surface area contributed by atoms with E-state index in [2.05, 4.69) is 9.71 Å². The van der Waals surface area contributed by atoms with Crippen molar-refractivity contribution in [1.82, 2.24) is 14.3 Å². The zero-order chi connectivity index (χ0) is 13.3. The van der Waals surface area contributed by atoms with E-state index in [9.17, 15) is 13.2 Å². The minimum atomic E-state index is -3.75. The van der Waals surface area contributed by atoms with Crippen LogP contribution >= 0.6 is 0 Å². The fourth-order valence-corrected chi connectivity index (χ4v) is 2.14. The molecule has 2 N–H and O–H groups in total. The zero-order valence-corrected chi connectivity index (χ0v) is 10.7. The first-order valence-corrected chi connectivity index (χ1v) is 6.34. The zero-order valence-electron chi connectivity index (χ0n) is 9.84. The van der Waals surface area contributed by atoms with Crippen LogP contribution in [0.25, 0.3) is 0 Å². The van der Waals surface area contributed by atoms with Crippen molar-refractivity contribution < 1.29 is 18.3 Å². The molecule has 96 valence electrons. The molecule has 0 bridgehead atoms. The van der Waals surface area contributed by atoms with Gasteiger partial charge in [-0.1, -0.05) is 0 Å². The Hall–Kier alpha value is -1.41. The summed E-state index contributed by atoms with van der Waals surface area (Å²) >= 11 is 0. The summed E-state index contributed by atoms with van der Waals surface area (Å²) in [5.41, 5.74) is -1.16. The first-order valence-electron chi connectivity index (χ1n) is 4.86. The van der Waals surface area contributed by atoms with Crippen LogP contribution < -0.4 is 4.72 Å². The third-order valence-electron chi connectivity index (χ3n) is 2.24. The molecular weight excluding hydrogens is 246 g/mol. The van der Waals surface area contributed by atoms with E-state index < -0.39 is 21.4 Å². The van der Waals surface area contributed by atoms with Crippen molar-refractivity contribution in [2.45, 2.75) is 18.9 Å². The predicted molar refractivity (Wildman–Crippen MR) is 59.8 cm³/mol. The number of carboxylic acids is 1. The van der Waals surface area contributed by atoms with Crippen LogP contribution in [0, 0.1) is 5.41 Å². The Kier molecular flexibility index (Phi) is 3.58. The van der Waals surface area contributed by atoms with Crippen molar-refractivity contribution in [3.63, 3.8) is 0 Å². The molecule has 1 aromatic heterocycles. The molecule has 0 aromatic carbocycles. The summed E-state index contributed by atoms with van der Waals surface area (Å²) in [5, 5.41) is 8.73. The van der Waals surface area contributed by atoms with Gasteiger partial charge in [-0.3, -0.25) is 4.79 Å². The largest absolute Gasteiger partial charge is 0.481 e. The van der Waals surface area contributed by atoms with E-state index in [0.717, 1.165) is 0 Å². The summed E-state index contributed by atoms with van der Waals surface area (Å²) in [5.74, 6) is -1.07. The summed E-state index contributed by atoms with van der Waals surface area (Å²) in [6, 6.07) is 0. The second-order valence-corrected chi connectivity index (χ2v) is 6.10. The topological polar surface area (TPSA) is 101 Å². The first kappa shape index (κ1) is 13.7. The Balaban J connectivity index is 2.79. The van der Waals surface area contributed by atoms with Gasteiger partial charge < -0.3 is 9.67 Å². The standard InChI is InChI=1S/C9H15N3O4S/c1-9(2,8(13)14)5-11-17(15,16)7-4-12(3)6-10-7/h4,6,11H,5H2,1-3H3,(H,13,14). The Bertz CT molecular complexity index is 518. The predicted octanol–water partition coefficient (Wildman–Crippen LogP) is -0.191. The van der Waals surface area contributed by atoms with Crippen LogP contribution in [-0.2, 0) is 21.9 Å². The fraction of sp³-hybridized carbons (Fsp3) is 0.556. The molecule has 0 spiro atoms. The van der Waals surface area contributed by atoms with Crippen molar-refractivity contribution in [1.29, 1.82) is 0 Å². The van der Waals surface area contributed by atoms with Crippen molar-refractivity contribution in [2.75, 3.05) is 6.54 Å². The molecule has 0 amide bonds. The second kappa shape index (κ2) is 4.46. The van der Waals surface area contributed by atoms with Gasteiger partial charge in [0.25, 0.3) is 10.0 Å². The number of imidazole rings is 1. The number of nitrogens with one attached hydrogen (secondary N) is 1. The van der Waals surface area contributed by atoms with E-state index in [1.54, 1.807) is 7.05 Å². The number of carbonyl (C=O) groups is 1. The van der Waals surface area contributed by atoms with Gasteiger partial charge in [-0.05, 0) is 13.8 Å². The minimum absolute atomic E-state index is 0.124. The number of sulfonamides is 1. The van der Waals surface area contributed by atoms with Crippen LogP contribution in [0.4, 0.5) is 0 Å². The van der Waals surface area contributed by atoms with E-state index in [4.69, 9.17) is 5.11 Å². The molecule has 0 radical (unpaired) electrons. The molecule has 0 atom stereocenters. The number of aryl methyl sites for hydroxylation is 1. The molecular formula is C9H15N3O4S. The second-order valence-electron chi connectivity index (χ2n) is 4.39. The van der Waals surface area contributed by atoms with Gasteiger partial charge in [0, 0.05) is 19.8 Å².